The summed E-state index contributed by atoms with van der Waals surface area (Å²) >= 11 is 0. The van der Waals surface area contributed by atoms with Crippen LogP contribution in [0.2, 0.25) is 0 Å². The molecule has 2 heterocycles. The van der Waals surface area contributed by atoms with Crippen molar-refractivity contribution in [2.24, 2.45) is 0 Å². The van der Waals surface area contributed by atoms with Crippen LogP contribution in [-0.4, -0.2) is 16.1 Å². The van der Waals surface area contributed by atoms with Crippen molar-refractivity contribution in [2.45, 2.75) is 27.3 Å². The van der Waals surface area contributed by atoms with E-state index in [9.17, 15) is 4.79 Å². The van der Waals surface area contributed by atoms with Crippen molar-refractivity contribution >= 4 is 5.91 Å². The molecule has 0 spiro atoms. The van der Waals surface area contributed by atoms with Gasteiger partial charge in [0.05, 0.1) is 17.8 Å². The van der Waals surface area contributed by atoms with Gasteiger partial charge in [-0.25, -0.2) is 0 Å². The lowest BCUT2D eigenvalue weighted by Gasteiger charge is -2.03. The maximum Gasteiger partial charge on any atom is 0.255 e. The zero-order valence-electron chi connectivity index (χ0n) is 10.1. The number of aromatic nitrogens is 2. The first kappa shape index (κ1) is 11.4. The van der Waals surface area contributed by atoms with E-state index in [1.165, 1.54) is 0 Å². The fourth-order valence-electron chi connectivity index (χ4n) is 1.72. The van der Waals surface area contributed by atoms with Crippen molar-refractivity contribution in [1.82, 2.24) is 15.5 Å². The van der Waals surface area contributed by atoms with Crippen LogP contribution in [0.25, 0.3) is 0 Å². The molecule has 17 heavy (non-hydrogen) atoms. The van der Waals surface area contributed by atoms with Gasteiger partial charge in [-0.15, -0.1) is 0 Å². The highest BCUT2D eigenvalue weighted by molar-refractivity contribution is 5.96. The summed E-state index contributed by atoms with van der Waals surface area (Å²) in [6, 6.07) is 3.72. The van der Waals surface area contributed by atoms with Crippen molar-refractivity contribution in [1.29, 1.82) is 0 Å². The molecule has 2 aromatic rings. The summed E-state index contributed by atoms with van der Waals surface area (Å²) in [5, 5.41) is 9.58. The summed E-state index contributed by atoms with van der Waals surface area (Å²) in [7, 11) is 0. The van der Waals surface area contributed by atoms with Gasteiger partial charge in [-0.05, 0) is 32.9 Å². The molecule has 1 amide bonds. The first-order valence-corrected chi connectivity index (χ1v) is 5.43. The molecule has 2 aromatic heterocycles. The number of rotatable bonds is 3. The van der Waals surface area contributed by atoms with Gasteiger partial charge in [0.15, 0.2) is 0 Å². The molecule has 5 nitrogen and oxygen atoms in total. The molecule has 5 heteroatoms. The Hall–Kier alpha value is -2.04. The molecule has 0 fully saturated rings. The lowest BCUT2D eigenvalue weighted by atomic mass is 10.2. The molecule has 0 saturated heterocycles. The third kappa shape index (κ3) is 2.38. The van der Waals surface area contributed by atoms with E-state index in [2.05, 4.69) is 15.5 Å². The number of nitrogens with one attached hydrogen (secondary N) is 2. The minimum absolute atomic E-state index is 0.136. The molecule has 0 aliphatic carbocycles. The Balaban J connectivity index is 2.03. The van der Waals surface area contributed by atoms with Gasteiger partial charge in [0, 0.05) is 5.69 Å². The maximum atomic E-state index is 11.9. The van der Waals surface area contributed by atoms with E-state index in [-0.39, 0.29) is 5.91 Å². The van der Waals surface area contributed by atoms with Gasteiger partial charge in [0.25, 0.3) is 5.91 Å². The van der Waals surface area contributed by atoms with E-state index < -0.39 is 0 Å². The second kappa shape index (κ2) is 4.45. The number of hydrogen-bond acceptors (Lipinski definition) is 3. The summed E-state index contributed by atoms with van der Waals surface area (Å²) in [6.07, 6.45) is 0. The van der Waals surface area contributed by atoms with Gasteiger partial charge in [-0.3, -0.25) is 9.89 Å². The predicted octanol–water partition coefficient (Wildman–Crippen LogP) is 1.86. The average molecular weight is 233 g/mol. The van der Waals surface area contributed by atoms with Gasteiger partial charge < -0.3 is 9.73 Å². The molecule has 90 valence electrons. The minimum Gasteiger partial charge on any atom is -0.465 e. The van der Waals surface area contributed by atoms with Crippen molar-refractivity contribution in [3.8, 4) is 0 Å². The van der Waals surface area contributed by atoms with Crippen LogP contribution in [0.3, 0.4) is 0 Å². The van der Waals surface area contributed by atoms with Crippen molar-refractivity contribution in [3.05, 3.63) is 40.6 Å². The number of aryl methyl sites for hydroxylation is 3. The Kier molecular flexibility index (Phi) is 2.99. The topological polar surface area (TPSA) is 70.9 Å². The van der Waals surface area contributed by atoms with E-state index in [0.29, 0.717) is 17.8 Å². The van der Waals surface area contributed by atoms with Crippen LogP contribution in [0.1, 0.15) is 33.3 Å². The van der Waals surface area contributed by atoms with Gasteiger partial charge in [0.1, 0.15) is 11.5 Å². The number of amides is 1. The fraction of sp³-hybridized carbons (Fsp3) is 0.333. The Labute approximate surface area is 99.2 Å². The summed E-state index contributed by atoms with van der Waals surface area (Å²) in [4.78, 5) is 11.9. The van der Waals surface area contributed by atoms with Gasteiger partial charge in [0.2, 0.25) is 0 Å². The number of nitrogens with zero attached hydrogens (tertiary/aromatic N) is 1. The highest BCUT2D eigenvalue weighted by Crippen LogP contribution is 2.10. The molecule has 0 bridgehead atoms. The molecule has 0 atom stereocenters. The van der Waals surface area contributed by atoms with E-state index in [1.54, 1.807) is 6.92 Å². The van der Waals surface area contributed by atoms with Crippen LogP contribution in [0.15, 0.2) is 16.5 Å². The second-order valence-corrected chi connectivity index (χ2v) is 4.00. The zero-order valence-corrected chi connectivity index (χ0v) is 10.1. The van der Waals surface area contributed by atoms with Crippen LogP contribution in [0.4, 0.5) is 0 Å². The molecule has 0 saturated carbocycles. The van der Waals surface area contributed by atoms with E-state index in [4.69, 9.17) is 4.42 Å². The van der Waals surface area contributed by atoms with E-state index in [0.717, 1.165) is 17.2 Å². The monoisotopic (exact) mass is 233 g/mol. The zero-order chi connectivity index (χ0) is 12.4. The molecule has 0 radical (unpaired) electrons. The lowest BCUT2D eigenvalue weighted by molar-refractivity contribution is 0.0946. The van der Waals surface area contributed by atoms with Crippen molar-refractivity contribution in [2.75, 3.05) is 0 Å². The Morgan fingerprint density at radius 3 is 2.71 bits per heavy atom. The normalized spacial score (nSPS) is 10.5. The Morgan fingerprint density at radius 2 is 2.18 bits per heavy atom. The van der Waals surface area contributed by atoms with Crippen LogP contribution in [-0.2, 0) is 6.54 Å². The summed E-state index contributed by atoms with van der Waals surface area (Å²) < 4.78 is 5.37. The molecule has 0 aromatic carbocycles. The quantitative estimate of drug-likeness (QED) is 0.850. The maximum absolute atomic E-state index is 11.9. The predicted molar refractivity (Wildman–Crippen MR) is 62.7 cm³/mol. The first-order valence-electron chi connectivity index (χ1n) is 5.43. The molecule has 0 aliphatic heterocycles. The third-order valence-electron chi connectivity index (χ3n) is 2.57. The molecule has 0 unspecified atom stereocenters. The first-order chi connectivity index (χ1) is 8.08. The van der Waals surface area contributed by atoms with Crippen LogP contribution in [0, 0.1) is 20.8 Å². The average Bonchev–Trinajstić information content (AvgIpc) is 2.83. The molecule has 2 rings (SSSR count). The summed E-state index contributed by atoms with van der Waals surface area (Å²) in [5.41, 5.74) is 2.08. The largest absolute Gasteiger partial charge is 0.465 e. The SMILES string of the molecule is Cc1ccc(CNC(=O)c2c(C)n[nH]c2C)o1. The van der Waals surface area contributed by atoms with Crippen molar-refractivity contribution < 1.29 is 9.21 Å². The number of carbonyl (C=O) groups excluding carboxylic acids is 1. The standard InChI is InChI=1S/C12H15N3O2/c1-7-4-5-10(17-7)6-13-12(16)11-8(2)14-15-9(11)3/h4-5H,6H2,1-3H3,(H,13,16)(H,14,15). The second-order valence-electron chi connectivity index (χ2n) is 4.00. The van der Waals surface area contributed by atoms with Crippen LogP contribution >= 0.6 is 0 Å². The van der Waals surface area contributed by atoms with Gasteiger partial charge in [-0.1, -0.05) is 0 Å². The van der Waals surface area contributed by atoms with Crippen LogP contribution < -0.4 is 5.32 Å². The van der Waals surface area contributed by atoms with Crippen molar-refractivity contribution in [3.63, 3.8) is 0 Å². The van der Waals surface area contributed by atoms with Crippen LogP contribution in [0.5, 0.6) is 0 Å². The highest BCUT2D eigenvalue weighted by Gasteiger charge is 2.15. The molecule has 2 N–H and O–H groups in total. The van der Waals surface area contributed by atoms with Gasteiger partial charge >= 0.3 is 0 Å². The highest BCUT2D eigenvalue weighted by atomic mass is 16.3. The molecular weight excluding hydrogens is 218 g/mol. The fourth-order valence-corrected chi connectivity index (χ4v) is 1.72. The number of aromatic amines is 1. The summed E-state index contributed by atoms with van der Waals surface area (Å²) in [5.74, 6) is 1.45. The van der Waals surface area contributed by atoms with E-state index in [1.807, 2.05) is 26.0 Å². The molecular formula is C12H15N3O2. The molecule has 0 aliphatic rings. The number of hydrogen-bond donors (Lipinski definition) is 2. The van der Waals surface area contributed by atoms with Gasteiger partial charge in [-0.2, -0.15) is 5.10 Å². The third-order valence-corrected chi connectivity index (χ3v) is 2.57. The Morgan fingerprint density at radius 1 is 1.41 bits per heavy atom. The number of furan rings is 1. The summed E-state index contributed by atoms with van der Waals surface area (Å²) in [6.45, 7) is 5.88. The number of H-pyrrole nitrogens is 1. The lowest BCUT2D eigenvalue weighted by Crippen LogP contribution is -2.23. The van der Waals surface area contributed by atoms with E-state index >= 15 is 0 Å². The minimum atomic E-state index is -0.136. The smallest absolute Gasteiger partial charge is 0.255 e. The number of carbonyl (C=O) groups is 1. The Bertz CT molecular complexity index is 520.